The molecule has 0 saturated heterocycles. The summed E-state index contributed by atoms with van der Waals surface area (Å²) in [6, 6.07) is 11.9. The molecule has 0 saturated carbocycles. The van der Waals surface area contributed by atoms with Crippen molar-refractivity contribution in [3.05, 3.63) is 58.7 Å². The number of para-hydroxylation sites is 1. The molecule has 0 aromatic heterocycles. The maximum Gasteiger partial charge on any atom is 0.244 e. The number of nitrogens with one attached hydrogen (secondary N) is 1. The van der Waals surface area contributed by atoms with Gasteiger partial charge in [0.2, 0.25) is 11.8 Å². The number of amides is 2. The second kappa shape index (κ2) is 8.65. The van der Waals surface area contributed by atoms with Crippen LogP contribution in [0, 0.1) is 13.8 Å². The zero-order chi connectivity index (χ0) is 19.3. The Morgan fingerprint density at radius 2 is 1.54 bits per heavy atom. The number of aryl methyl sites for hydroxylation is 3. The van der Waals surface area contributed by atoms with Gasteiger partial charge >= 0.3 is 0 Å². The lowest BCUT2D eigenvalue weighted by molar-refractivity contribution is -0.120. The number of hydrogen-bond donors (Lipinski definition) is 1. The van der Waals surface area contributed by atoms with Crippen LogP contribution in [0.1, 0.15) is 43.0 Å². The van der Waals surface area contributed by atoms with Gasteiger partial charge in [0.25, 0.3) is 0 Å². The molecule has 2 rings (SSSR count). The van der Waals surface area contributed by atoms with Crippen LogP contribution in [-0.2, 0) is 22.4 Å². The number of benzene rings is 2. The van der Waals surface area contributed by atoms with Crippen molar-refractivity contribution >= 4 is 23.2 Å². The topological polar surface area (TPSA) is 49.4 Å². The smallest absolute Gasteiger partial charge is 0.244 e. The Labute approximate surface area is 156 Å². The zero-order valence-electron chi connectivity index (χ0n) is 16.3. The first-order chi connectivity index (χ1) is 12.4. The first kappa shape index (κ1) is 19.7. The molecule has 4 heteroatoms. The van der Waals surface area contributed by atoms with Gasteiger partial charge in [-0.3, -0.25) is 9.59 Å². The van der Waals surface area contributed by atoms with Crippen molar-refractivity contribution in [3.63, 3.8) is 0 Å². The quantitative estimate of drug-likeness (QED) is 0.836. The molecule has 0 bridgehead atoms. The molecule has 4 nitrogen and oxygen atoms in total. The average Bonchev–Trinajstić information content (AvgIpc) is 2.62. The van der Waals surface area contributed by atoms with Crippen molar-refractivity contribution in [3.8, 4) is 0 Å². The molecular formula is C22H28N2O2. The molecule has 0 spiro atoms. The lowest BCUT2D eigenvalue weighted by atomic mass is 10.0. The molecule has 2 aromatic carbocycles. The van der Waals surface area contributed by atoms with Gasteiger partial charge in [-0.1, -0.05) is 44.2 Å². The van der Waals surface area contributed by atoms with Gasteiger partial charge in [0, 0.05) is 18.3 Å². The second-order valence-electron chi connectivity index (χ2n) is 6.53. The first-order valence-electron chi connectivity index (χ1n) is 9.13. The highest BCUT2D eigenvalue weighted by atomic mass is 16.2. The fourth-order valence-corrected chi connectivity index (χ4v) is 3.12. The molecule has 0 aliphatic rings. The Morgan fingerprint density at radius 3 is 2.08 bits per heavy atom. The van der Waals surface area contributed by atoms with E-state index in [-0.39, 0.29) is 18.4 Å². The SMILES string of the molecule is CCc1cccc(CC)c1NC(=O)CN(C(C)=O)c1cccc(C)c1C. The largest absolute Gasteiger partial charge is 0.324 e. The lowest BCUT2D eigenvalue weighted by Crippen LogP contribution is -2.37. The molecule has 2 aromatic rings. The molecule has 0 heterocycles. The second-order valence-corrected chi connectivity index (χ2v) is 6.53. The van der Waals surface area contributed by atoms with E-state index in [4.69, 9.17) is 0 Å². The number of anilines is 2. The van der Waals surface area contributed by atoms with E-state index in [1.54, 1.807) is 0 Å². The van der Waals surface area contributed by atoms with E-state index in [2.05, 4.69) is 19.2 Å². The number of rotatable bonds is 6. The number of hydrogen-bond acceptors (Lipinski definition) is 2. The van der Waals surface area contributed by atoms with Crippen LogP contribution < -0.4 is 10.2 Å². The Bertz CT molecular complexity index is 790. The number of carbonyl (C=O) groups is 2. The summed E-state index contributed by atoms with van der Waals surface area (Å²) in [6.45, 7) is 9.61. The minimum Gasteiger partial charge on any atom is -0.324 e. The summed E-state index contributed by atoms with van der Waals surface area (Å²) in [7, 11) is 0. The van der Waals surface area contributed by atoms with Gasteiger partial charge < -0.3 is 10.2 Å². The van der Waals surface area contributed by atoms with Crippen LogP contribution in [0.4, 0.5) is 11.4 Å². The van der Waals surface area contributed by atoms with Crippen molar-refractivity contribution in [1.82, 2.24) is 0 Å². The summed E-state index contributed by atoms with van der Waals surface area (Å²) in [5, 5.41) is 3.04. The van der Waals surface area contributed by atoms with Crippen LogP contribution in [0.25, 0.3) is 0 Å². The predicted molar refractivity (Wildman–Crippen MR) is 108 cm³/mol. The highest BCUT2D eigenvalue weighted by Crippen LogP contribution is 2.25. The predicted octanol–water partition coefficient (Wildman–Crippen LogP) is 4.42. The van der Waals surface area contributed by atoms with Crippen molar-refractivity contribution in [1.29, 1.82) is 0 Å². The van der Waals surface area contributed by atoms with Gasteiger partial charge in [0.1, 0.15) is 6.54 Å². The highest BCUT2D eigenvalue weighted by Gasteiger charge is 2.19. The van der Waals surface area contributed by atoms with E-state index >= 15 is 0 Å². The summed E-state index contributed by atoms with van der Waals surface area (Å²) in [6.07, 6.45) is 1.69. The highest BCUT2D eigenvalue weighted by molar-refractivity contribution is 6.02. The summed E-state index contributed by atoms with van der Waals surface area (Å²) in [5.74, 6) is -0.329. The van der Waals surface area contributed by atoms with E-state index in [9.17, 15) is 9.59 Å². The Morgan fingerprint density at radius 1 is 0.962 bits per heavy atom. The minimum atomic E-state index is -0.184. The van der Waals surface area contributed by atoms with Crippen molar-refractivity contribution < 1.29 is 9.59 Å². The van der Waals surface area contributed by atoms with E-state index in [0.29, 0.717) is 0 Å². The van der Waals surface area contributed by atoms with E-state index < -0.39 is 0 Å². The molecule has 0 aliphatic carbocycles. The minimum absolute atomic E-state index is 0.000823. The Kier molecular flexibility index (Phi) is 6.56. The van der Waals surface area contributed by atoms with Crippen molar-refractivity contribution in [2.45, 2.75) is 47.5 Å². The van der Waals surface area contributed by atoms with Crippen LogP contribution in [-0.4, -0.2) is 18.4 Å². The molecule has 0 aliphatic heterocycles. The third kappa shape index (κ3) is 4.31. The van der Waals surface area contributed by atoms with Crippen LogP contribution in [0.15, 0.2) is 36.4 Å². The average molecular weight is 352 g/mol. The van der Waals surface area contributed by atoms with Crippen molar-refractivity contribution in [2.75, 3.05) is 16.8 Å². The monoisotopic (exact) mass is 352 g/mol. The number of carbonyl (C=O) groups excluding carboxylic acids is 2. The van der Waals surface area contributed by atoms with Gasteiger partial charge in [0.15, 0.2) is 0 Å². The summed E-state index contributed by atoms with van der Waals surface area (Å²) >= 11 is 0. The zero-order valence-corrected chi connectivity index (χ0v) is 16.3. The summed E-state index contributed by atoms with van der Waals surface area (Å²) in [4.78, 5) is 26.5. The molecule has 0 unspecified atom stereocenters. The summed E-state index contributed by atoms with van der Waals surface area (Å²) in [5.41, 5.74) is 5.99. The fraction of sp³-hybridized carbons (Fsp3) is 0.364. The third-order valence-corrected chi connectivity index (χ3v) is 4.81. The Balaban J connectivity index is 2.27. The fourth-order valence-electron chi connectivity index (χ4n) is 3.12. The first-order valence-corrected chi connectivity index (χ1v) is 9.13. The van der Waals surface area contributed by atoms with Crippen LogP contribution in [0.5, 0.6) is 0 Å². The Hall–Kier alpha value is -2.62. The molecular weight excluding hydrogens is 324 g/mol. The molecule has 0 radical (unpaired) electrons. The van der Waals surface area contributed by atoms with Crippen molar-refractivity contribution in [2.24, 2.45) is 0 Å². The van der Waals surface area contributed by atoms with E-state index in [1.165, 1.54) is 11.8 Å². The van der Waals surface area contributed by atoms with Gasteiger partial charge in [-0.25, -0.2) is 0 Å². The standard InChI is InChI=1S/C22H28N2O2/c1-6-18-11-9-12-19(7-2)22(18)23-21(26)14-24(17(5)25)20-13-8-10-15(3)16(20)4/h8-13H,6-7,14H2,1-5H3,(H,23,26). The number of nitrogens with zero attached hydrogens (tertiary/aromatic N) is 1. The van der Waals surface area contributed by atoms with Crippen LogP contribution >= 0.6 is 0 Å². The molecule has 0 fully saturated rings. The van der Waals surface area contributed by atoms with E-state index in [1.807, 2.05) is 50.2 Å². The third-order valence-electron chi connectivity index (χ3n) is 4.81. The normalized spacial score (nSPS) is 10.5. The molecule has 26 heavy (non-hydrogen) atoms. The van der Waals surface area contributed by atoms with Gasteiger partial charge in [-0.15, -0.1) is 0 Å². The molecule has 1 N–H and O–H groups in total. The maximum absolute atomic E-state index is 12.7. The molecule has 2 amide bonds. The molecule has 0 atom stereocenters. The summed E-state index contributed by atoms with van der Waals surface area (Å²) < 4.78 is 0. The van der Waals surface area contributed by atoms with E-state index in [0.717, 1.165) is 46.5 Å². The van der Waals surface area contributed by atoms with Gasteiger partial charge in [0.05, 0.1) is 0 Å². The van der Waals surface area contributed by atoms with Crippen LogP contribution in [0.3, 0.4) is 0 Å². The van der Waals surface area contributed by atoms with Gasteiger partial charge in [-0.2, -0.15) is 0 Å². The molecule has 138 valence electrons. The lowest BCUT2D eigenvalue weighted by Gasteiger charge is -2.24. The maximum atomic E-state index is 12.7. The van der Waals surface area contributed by atoms with Crippen LogP contribution in [0.2, 0.25) is 0 Å². The van der Waals surface area contributed by atoms with Gasteiger partial charge in [-0.05, 0) is 55.0 Å².